The fourth-order valence-electron chi connectivity index (χ4n) is 2.97. The molecule has 176 valence electrons. The lowest BCUT2D eigenvalue weighted by molar-refractivity contribution is -0.123. The number of nitrogens with zero attached hydrogens (tertiary/aromatic N) is 5. The summed E-state index contributed by atoms with van der Waals surface area (Å²) in [6, 6.07) is 11.3. The maximum atomic E-state index is 14.6. The molecule has 0 saturated carbocycles. The van der Waals surface area contributed by atoms with E-state index in [2.05, 4.69) is 25.8 Å². The van der Waals surface area contributed by atoms with Crippen LogP contribution in [0.25, 0.3) is 22.7 Å². The SMILES string of the molecule is CC(C)(C)C(=O)Nc1ccc(-c2cn(Cc3ccc(-c4nnc(C(F)F)o4)cc3F)nn2)cc1. The van der Waals surface area contributed by atoms with Gasteiger partial charge in [0.25, 0.3) is 5.89 Å². The number of halogens is 3. The van der Waals surface area contributed by atoms with Gasteiger partial charge in [-0.1, -0.05) is 44.2 Å². The zero-order valence-electron chi connectivity index (χ0n) is 18.6. The van der Waals surface area contributed by atoms with Crippen molar-refractivity contribution < 1.29 is 22.4 Å². The number of amides is 1. The van der Waals surface area contributed by atoms with E-state index in [1.807, 2.05) is 20.8 Å². The molecule has 0 unspecified atom stereocenters. The Balaban J connectivity index is 1.45. The zero-order chi connectivity index (χ0) is 24.5. The second-order valence-corrected chi connectivity index (χ2v) is 8.64. The fraction of sp³-hybridized carbons (Fsp3) is 0.261. The van der Waals surface area contributed by atoms with Crippen LogP contribution in [-0.2, 0) is 11.3 Å². The molecule has 34 heavy (non-hydrogen) atoms. The third-order valence-electron chi connectivity index (χ3n) is 4.92. The van der Waals surface area contributed by atoms with E-state index in [1.54, 1.807) is 30.5 Å². The van der Waals surface area contributed by atoms with Gasteiger partial charge in [-0.05, 0) is 24.3 Å². The first-order valence-corrected chi connectivity index (χ1v) is 10.3. The minimum absolute atomic E-state index is 0.0900. The lowest BCUT2D eigenvalue weighted by Crippen LogP contribution is -2.27. The quantitative estimate of drug-likeness (QED) is 0.421. The highest BCUT2D eigenvalue weighted by Gasteiger charge is 2.21. The number of carbonyl (C=O) groups excluding carboxylic acids is 1. The number of anilines is 1. The van der Waals surface area contributed by atoms with Crippen molar-refractivity contribution >= 4 is 11.6 Å². The van der Waals surface area contributed by atoms with Crippen LogP contribution >= 0.6 is 0 Å². The molecule has 11 heteroatoms. The maximum Gasteiger partial charge on any atom is 0.314 e. The van der Waals surface area contributed by atoms with Crippen molar-refractivity contribution in [2.45, 2.75) is 33.7 Å². The molecule has 2 aromatic carbocycles. The Morgan fingerprint density at radius 3 is 2.38 bits per heavy atom. The van der Waals surface area contributed by atoms with Gasteiger partial charge in [-0.3, -0.25) is 4.79 Å². The molecular formula is C23H21F3N6O2. The largest absolute Gasteiger partial charge is 0.415 e. The Morgan fingerprint density at radius 1 is 1.06 bits per heavy atom. The van der Waals surface area contributed by atoms with Crippen molar-refractivity contribution in [1.82, 2.24) is 25.2 Å². The molecular weight excluding hydrogens is 449 g/mol. The summed E-state index contributed by atoms with van der Waals surface area (Å²) in [6.45, 7) is 5.60. The summed E-state index contributed by atoms with van der Waals surface area (Å²) in [5.74, 6) is -1.68. The molecule has 0 saturated heterocycles. The third kappa shape index (κ3) is 5.13. The van der Waals surface area contributed by atoms with E-state index in [-0.39, 0.29) is 23.9 Å². The predicted octanol–water partition coefficient (Wildman–Crippen LogP) is 5.10. The van der Waals surface area contributed by atoms with E-state index >= 15 is 0 Å². The van der Waals surface area contributed by atoms with Crippen LogP contribution in [0, 0.1) is 11.2 Å². The summed E-state index contributed by atoms with van der Waals surface area (Å²) in [5.41, 5.74) is 2.03. The van der Waals surface area contributed by atoms with E-state index in [1.165, 1.54) is 16.8 Å². The van der Waals surface area contributed by atoms with Gasteiger partial charge in [0.05, 0.1) is 12.7 Å². The van der Waals surface area contributed by atoms with E-state index in [0.29, 0.717) is 16.9 Å². The molecule has 4 aromatic rings. The molecule has 0 spiro atoms. The molecule has 1 amide bonds. The van der Waals surface area contributed by atoms with Crippen LogP contribution in [0.1, 0.15) is 38.7 Å². The molecule has 4 rings (SSSR count). The van der Waals surface area contributed by atoms with Crippen molar-refractivity contribution in [1.29, 1.82) is 0 Å². The number of benzene rings is 2. The fourth-order valence-corrected chi connectivity index (χ4v) is 2.97. The number of alkyl halides is 2. The Bertz CT molecular complexity index is 1310. The highest BCUT2D eigenvalue weighted by Crippen LogP contribution is 2.26. The molecule has 0 aliphatic rings. The number of aromatic nitrogens is 5. The predicted molar refractivity (Wildman–Crippen MR) is 117 cm³/mol. The van der Waals surface area contributed by atoms with Crippen LogP contribution < -0.4 is 5.32 Å². The van der Waals surface area contributed by atoms with E-state index in [0.717, 1.165) is 11.6 Å². The van der Waals surface area contributed by atoms with Crippen LogP contribution in [0.3, 0.4) is 0 Å². The van der Waals surface area contributed by atoms with Crippen LogP contribution in [0.5, 0.6) is 0 Å². The monoisotopic (exact) mass is 470 g/mol. The summed E-state index contributed by atoms with van der Waals surface area (Å²) in [4.78, 5) is 12.1. The molecule has 2 aromatic heterocycles. The van der Waals surface area contributed by atoms with Crippen LogP contribution in [0.2, 0.25) is 0 Å². The minimum Gasteiger partial charge on any atom is -0.415 e. The number of hydrogen-bond donors (Lipinski definition) is 1. The van der Waals surface area contributed by atoms with Crippen molar-refractivity contribution in [2.75, 3.05) is 5.32 Å². The second kappa shape index (κ2) is 9.08. The van der Waals surface area contributed by atoms with Crippen LogP contribution in [0.4, 0.5) is 18.9 Å². The Labute approximate surface area is 192 Å². The third-order valence-corrected chi connectivity index (χ3v) is 4.92. The Hall–Kier alpha value is -4.02. The van der Waals surface area contributed by atoms with Crippen LogP contribution in [-0.4, -0.2) is 31.1 Å². The molecule has 2 heterocycles. The Morgan fingerprint density at radius 2 is 1.76 bits per heavy atom. The molecule has 0 aliphatic carbocycles. The van der Waals surface area contributed by atoms with Gasteiger partial charge in [-0.15, -0.1) is 15.3 Å². The van der Waals surface area contributed by atoms with Crippen molar-refractivity contribution in [3.05, 3.63) is 65.9 Å². The van der Waals surface area contributed by atoms with Gasteiger partial charge in [0, 0.05) is 27.8 Å². The Kier molecular flexibility index (Phi) is 6.18. The molecule has 0 radical (unpaired) electrons. The van der Waals surface area contributed by atoms with Crippen molar-refractivity contribution in [3.8, 4) is 22.7 Å². The van der Waals surface area contributed by atoms with Gasteiger partial charge in [-0.2, -0.15) is 8.78 Å². The van der Waals surface area contributed by atoms with Crippen molar-refractivity contribution in [3.63, 3.8) is 0 Å². The number of carbonyl (C=O) groups is 1. The summed E-state index contributed by atoms with van der Waals surface area (Å²) < 4.78 is 46.2. The summed E-state index contributed by atoms with van der Waals surface area (Å²) in [5, 5.41) is 17.8. The van der Waals surface area contributed by atoms with E-state index in [9.17, 15) is 18.0 Å². The smallest absolute Gasteiger partial charge is 0.314 e. The average Bonchev–Trinajstić information content (AvgIpc) is 3.45. The van der Waals surface area contributed by atoms with E-state index < -0.39 is 23.5 Å². The van der Waals surface area contributed by atoms with Gasteiger partial charge in [0.15, 0.2) is 0 Å². The first kappa shape index (κ1) is 23.1. The molecule has 0 bridgehead atoms. The molecule has 0 atom stereocenters. The maximum absolute atomic E-state index is 14.6. The lowest BCUT2D eigenvalue weighted by atomic mass is 9.95. The first-order valence-electron chi connectivity index (χ1n) is 10.3. The van der Waals surface area contributed by atoms with Gasteiger partial charge in [0.1, 0.15) is 11.5 Å². The number of nitrogens with one attached hydrogen (secondary N) is 1. The van der Waals surface area contributed by atoms with Gasteiger partial charge in [0.2, 0.25) is 11.8 Å². The standard InChI is InChI=1S/C23H21F3N6O2/c1-23(2,3)22(33)27-16-8-6-13(7-9-16)18-12-32(31-28-18)11-15-5-4-14(10-17(15)24)20-29-30-21(34-20)19(25)26/h4-10,12,19H,11H2,1-3H3,(H,27,33). The molecule has 8 nitrogen and oxygen atoms in total. The molecule has 0 aliphatic heterocycles. The van der Waals surface area contributed by atoms with Gasteiger partial charge in [-0.25, -0.2) is 9.07 Å². The molecule has 1 N–H and O–H groups in total. The topological polar surface area (TPSA) is 98.7 Å². The minimum atomic E-state index is -2.90. The second-order valence-electron chi connectivity index (χ2n) is 8.64. The zero-order valence-corrected chi connectivity index (χ0v) is 18.6. The summed E-state index contributed by atoms with van der Waals surface area (Å²) in [7, 11) is 0. The highest BCUT2D eigenvalue weighted by molar-refractivity contribution is 5.94. The highest BCUT2D eigenvalue weighted by atomic mass is 19.3. The van der Waals surface area contributed by atoms with Gasteiger partial charge >= 0.3 is 6.43 Å². The van der Waals surface area contributed by atoms with Gasteiger partial charge < -0.3 is 9.73 Å². The first-order chi connectivity index (χ1) is 16.1. The number of hydrogen-bond acceptors (Lipinski definition) is 6. The number of rotatable bonds is 6. The lowest BCUT2D eigenvalue weighted by Gasteiger charge is -2.17. The summed E-state index contributed by atoms with van der Waals surface area (Å²) >= 11 is 0. The summed E-state index contributed by atoms with van der Waals surface area (Å²) in [6.07, 6.45) is -1.23. The average molecular weight is 470 g/mol. The normalized spacial score (nSPS) is 11.7. The van der Waals surface area contributed by atoms with E-state index in [4.69, 9.17) is 4.42 Å². The van der Waals surface area contributed by atoms with Crippen molar-refractivity contribution in [2.24, 2.45) is 5.41 Å². The molecule has 0 fully saturated rings. The van der Waals surface area contributed by atoms with Crippen LogP contribution in [0.15, 0.2) is 53.1 Å².